The molecule has 2 rings (SSSR count). The summed E-state index contributed by atoms with van der Waals surface area (Å²) in [6.45, 7) is 2.03. The molecular formula is C12H20ClN3O. The third-order valence-electron chi connectivity index (χ3n) is 3.62. The van der Waals surface area contributed by atoms with E-state index in [1.54, 1.807) is 4.68 Å². The molecule has 0 bridgehead atoms. The summed E-state index contributed by atoms with van der Waals surface area (Å²) in [6, 6.07) is 0.109. The number of nitrogens with two attached hydrogens (primary N) is 1. The van der Waals surface area contributed by atoms with Crippen LogP contribution in [0.2, 0.25) is 5.02 Å². The van der Waals surface area contributed by atoms with E-state index in [-0.39, 0.29) is 6.04 Å². The Morgan fingerprint density at radius 3 is 2.82 bits per heavy atom. The van der Waals surface area contributed by atoms with Crippen LogP contribution in [0.3, 0.4) is 0 Å². The van der Waals surface area contributed by atoms with Crippen LogP contribution in [0.15, 0.2) is 0 Å². The molecule has 4 nitrogen and oxygen atoms in total. The van der Waals surface area contributed by atoms with E-state index in [1.807, 2.05) is 14.0 Å². The monoisotopic (exact) mass is 257 g/mol. The van der Waals surface area contributed by atoms with Gasteiger partial charge in [-0.15, -0.1) is 0 Å². The molecule has 3 N–H and O–H groups in total. The topological polar surface area (TPSA) is 64.1 Å². The number of aromatic nitrogens is 2. The summed E-state index contributed by atoms with van der Waals surface area (Å²) in [5.74, 6) is 0. The van der Waals surface area contributed by atoms with Crippen molar-refractivity contribution in [2.75, 3.05) is 0 Å². The van der Waals surface area contributed by atoms with Crippen molar-refractivity contribution in [3.05, 3.63) is 16.4 Å². The number of rotatable bonds is 3. The van der Waals surface area contributed by atoms with Crippen LogP contribution in [-0.4, -0.2) is 26.5 Å². The maximum absolute atomic E-state index is 10.5. The van der Waals surface area contributed by atoms with E-state index in [0.717, 1.165) is 30.7 Å². The van der Waals surface area contributed by atoms with E-state index >= 15 is 0 Å². The van der Waals surface area contributed by atoms with E-state index in [0.29, 0.717) is 17.9 Å². The molecule has 0 amide bonds. The Balaban J connectivity index is 2.21. The second kappa shape index (κ2) is 4.59. The van der Waals surface area contributed by atoms with Crippen LogP contribution < -0.4 is 5.73 Å². The Hall–Kier alpha value is -0.580. The Morgan fingerprint density at radius 1 is 1.65 bits per heavy atom. The minimum absolute atomic E-state index is 0.109. The Morgan fingerprint density at radius 2 is 2.35 bits per heavy atom. The van der Waals surface area contributed by atoms with Gasteiger partial charge in [0.05, 0.1) is 22.0 Å². The SMILES string of the molecule is CCc1nn(C)c(CC2(O)CCC(N)C2)c1Cl. The summed E-state index contributed by atoms with van der Waals surface area (Å²) in [5.41, 5.74) is 6.96. The summed E-state index contributed by atoms with van der Waals surface area (Å²) >= 11 is 6.28. The predicted octanol–water partition coefficient (Wildman–Crippen LogP) is 1.42. The van der Waals surface area contributed by atoms with Gasteiger partial charge in [-0.25, -0.2) is 0 Å². The van der Waals surface area contributed by atoms with E-state index in [4.69, 9.17) is 17.3 Å². The summed E-state index contributed by atoms with van der Waals surface area (Å²) < 4.78 is 1.78. The van der Waals surface area contributed by atoms with Crippen molar-refractivity contribution in [2.45, 2.75) is 50.7 Å². The van der Waals surface area contributed by atoms with Crippen molar-refractivity contribution in [1.82, 2.24) is 9.78 Å². The van der Waals surface area contributed by atoms with Crippen molar-refractivity contribution in [3.63, 3.8) is 0 Å². The third kappa shape index (κ3) is 2.49. The fourth-order valence-corrected chi connectivity index (χ4v) is 2.99. The summed E-state index contributed by atoms with van der Waals surface area (Å²) in [5, 5.41) is 15.5. The van der Waals surface area contributed by atoms with E-state index in [1.165, 1.54) is 0 Å². The lowest BCUT2D eigenvalue weighted by molar-refractivity contribution is 0.0450. The summed E-state index contributed by atoms with van der Waals surface area (Å²) in [7, 11) is 1.87. The highest BCUT2D eigenvalue weighted by molar-refractivity contribution is 6.31. The quantitative estimate of drug-likeness (QED) is 0.861. The third-order valence-corrected chi connectivity index (χ3v) is 4.06. The first kappa shape index (κ1) is 12.9. The molecule has 2 unspecified atom stereocenters. The maximum atomic E-state index is 10.5. The number of hydrogen-bond acceptors (Lipinski definition) is 3. The van der Waals surface area contributed by atoms with Gasteiger partial charge in [0.1, 0.15) is 0 Å². The average Bonchev–Trinajstić information content (AvgIpc) is 2.73. The molecule has 1 saturated carbocycles. The molecular weight excluding hydrogens is 238 g/mol. The van der Waals surface area contributed by atoms with Gasteiger partial charge in [0.2, 0.25) is 0 Å². The Kier molecular flexibility index (Phi) is 3.48. The van der Waals surface area contributed by atoms with Crippen molar-refractivity contribution >= 4 is 11.6 Å². The molecule has 1 fully saturated rings. The van der Waals surface area contributed by atoms with Gasteiger partial charge in [0, 0.05) is 19.5 Å². The van der Waals surface area contributed by atoms with Gasteiger partial charge in [-0.3, -0.25) is 4.68 Å². The van der Waals surface area contributed by atoms with Crippen LogP contribution in [0.1, 0.15) is 37.6 Å². The zero-order chi connectivity index (χ0) is 12.6. The summed E-state index contributed by atoms with van der Waals surface area (Å²) in [6.07, 6.45) is 3.63. The molecule has 1 aromatic rings. The number of aryl methyl sites for hydroxylation is 2. The standard InChI is InChI=1S/C12H20ClN3O/c1-3-9-11(13)10(16(2)15-9)7-12(17)5-4-8(14)6-12/h8,17H,3-7,14H2,1-2H3. The van der Waals surface area contributed by atoms with Crippen LogP contribution in [-0.2, 0) is 19.9 Å². The lowest BCUT2D eigenvalue weighted by Gasteiger charge is -2.22. The number of nitrogens with zero attached hydrogens (tertiary/aromatic N) is 2. The van der Waals surface area contributed by atoms with E-state index < -0.39 is 5.60 Å². The Bertz CT molecular complexity index is 418. The van der Waals surface area contributed by atoms with E-state index in [9.17, 15) is 5.11 Å². The van der Waals surface area contributed by atoms with Crippen molar-refractivity contribution in [2.24, 2.45) is 12.8 Å². The van der Waals surface area contributed by atoms with Crippen molar-refractivity contribution in [1.29, 1.82) is 0 Å². The van der Waals surface area contributed by atoms with Crippen LogP contribution in [0.25, 0.3) is 0 Å². The fraction of sp³-hybridized carbons (Fsp3) is 0.750. The zero-order valence-electron chi connectivity index (χ0n) is 10.4. The van der Waals surface area contributed by atoms with Crippen LogP contribution >= 0.6 is 11.6 Å². The largest absolute Gasteiger partial charge is 0.389 e. The highest BCUT2D eigenvalue weighted by Crippen LogP contribution is 2.34. The van der Waals surface area contributed by atoms with Crippen LogP contribution in [0.5, 0.6) is 0 Å². The van der Waals surface area contributed by atoms with E-state index in [2.05, 4.69) is 5.10 Å². The minimum atomic E-state index is -0.706. The van der Waals surface area contributed by atoms with Gasteiger partial charge >= 0.3 is 0 Å². The van der Waals surface area contributed by atoms with Crippen molar-refractivity contribution in [3.8, 4) is 0 Å². The van der Waals surface area contributed by atoms with Gasteiger partial charge in [-0.05, 0) is 25.7 Å². The normalized spacial score (nSPS) is 28.9. The molecule has 0 aromatic carbocycles. The lowest BCUT2D eigenvalue weighted by atomic mass is 9.95. The highest BCUT2D eigenvalue weighted by atomic mass is 35.5. The molecule has 0 spiro atoms. The molecule has 0 aliphatic heterocycles. The molecule has 1 aromatic heterocycles. The molecule has 2 atom stereocenters. The zero-order valence-corrected chi connectivity index (χ0v) is 11.2. The number of hydrogen-bond donors (Lipinski definition) is 2. The second-order valence-corrected chi connectivity index (χ2v) is 5.47. The molecule has 17 heavy (non-hydrogen) atoms. The van der Waals surface area contributed by atoms with Crippen LogP contribution in [0, 0.1) is 0 Å². The summed E-state index contributed by atoms with van der Waals surface area (Å²) in [4.78, 5) is 0. The average molecular weight is 258 g/mol. The first-order valence-corrected chi connectivity index (χ1v) is 6.51. The minimum Gasteiger partial charge on any atom is -0.389 e. The molecule has 5 heteroatoms. The van der Waals surface area contributed by atoms with Crippen LogP contribution in [0.4, 0.5) is 0 Å². The molecule has 0 radical (unpaired) electrons. The molecule has 1 aliphatic rings. The predicted molar refractivity (Wildman–Crippen MR) is 68.1 cm³/mol. The number of halogens is 1. The van der Waals surface area contributed by atoms with Gasteiger partial charge in [0.15, 0.2) is 0 Å². The Labute approximate surface area is 107 Å². The van der Waals surface area contributed by atoms with Gasteiger partial charge < -0.3 is 10.8 Å². The maximum Gasteiger partial charge on any atom is 0.0850 e. The van der Waals surface area contributed by atoms with Gasteiger partial charge in [-0.2, -0.15) is 5.10 Å². The molecule has 1 heterocycles. The molecule has 96 valence electrons. The first-order chi connectivity index (χ1) is 7.95. The fourth-order valence-electron chi connectivity index (χ4n) is 2.63. The van der Waals surface area contributed by atoms with Crippen molar-refractivity contribution < 1.29 is 5.11 Å². The van der Waals surface area contributed by atoms with Gasteiger partial charge in [-0.1, -0.05) is 18.5 Å². The van der Waals surface area contributed by atoms with Gasteiger partial charge in [0.25, 0.3) is 0 Å². The molecule has 1 aliphatic carbocycles. The first-order valence-electron chi connectivity index (χ1n) is 6.13. The smallest absolute Gasteiger partial charge is 0.0850 e. The molecule has 0 saturated heterocycles. The lowest BCUT2D eigenvalue weighted by Crippen LogP contribution is -2.31. The second-order valence-electron chi connectivity index (χ2n) is 5.09. The number of aliphatic hydroxyl groups is 1. The highest BCUT2D eigenvalue weighted by Gasteiger charge is 2.37.